The Morgan fingerprint density at radius 1 is 0.969 bits per heavy atom. The fourth-order valence-electron chi connectivity index (χ4n) is 3.79. The Labute approximate surface area is 186 Å². The van der Waals surface area contributed by atoms with Crippen molar-refractivity contribution in [1.29, 1.82) is 0 Å². The van der Waals surface area contributed by atoms with E-state index in [9.17, 15) is 9.59 Å². The Morgan fingerprint density at radius 3 is 2.31 bits per heavy atom. The number of likely N-dealkylation sites (tertiary alicyclic amines) is 1. The molecule has 32 heavy (non-hydrogen) atoms. The number of nitrogens with zero attached hydrogens (tertiary/aromatic N) is 1. The minimum Gasteiger partial charge on any atom is -0.497 e. The number of methoxy groups -OCH3 is 1. The summed E-state index contributed by atoms with van der Waals surface area (Å²) in [6.07, 6.45) is 4.40. The maximum absolute atomic E-state index is 13.0. The van der Waals surface area contributed by atoms with Crippen LogP contribution >= 0.6 is 0 Å². The van der Waals surface area contributed by atoms with E-state index in [-0.39, 0.29) is 23.7 Å². The number of fused-ring (bicyclic) bond motifs is 1. The molecular formula is C25H27NO6. The highest BCUT2D eigenvalue weighted by Gasteiger charge is 2.17. The summed E-state index contributed by atoms with van der Waals surface area (Å²) in [5, 5.41) is 0.380. The van der Waals surface area contributed by atoms with E-state index in [1.807, 2.05) is 4.90 Å². The fourth-order valence-corrected chi connectivity index (χ4v) is 3.79. The van der Waals surface area contributed by atoms with Crippen molar-refractivity contribution >= 4 is 16.9 Å². The summed E-state index contributed by atoms with van der Waals surface area (Å²) in [4.78, 5) is 27.3. The van der Waals surface area contributed by atoms with Gasteiger partial charge in [0.25, 0.3) is 5.91 Å². The summed E-state index contributed by atoms with van der Waals surface area (Å²) in [7, 11) is 1.58. The van der Waals surface area contributed by atoms with Gasteiger partial charge < -0.3 is 23.5 Å². The van der Waals surface area contributed by atoms with Crippen molar-refractivity contribution in [2.45, 2.75) is 32.6 Å². The van der Waals surface area contributed by atoms with Crippen molar-refractivity contribution in [3.05, 3.63) is 58.4 Å². The van der Waals surface area contributed by atoms with Gasteiger partial charge in [0.2, 0.25) is 11.2 Å². The lowest BCUT2D eigenvalue weighted by molar-refractivity contribution is -0.133. The van der Waals surface area contributed by atoms with Crippen LogP contribution in [0.25, 0.3) is 11.0 Å². The Kier molecular flexibility index (Phi) is 6.63. The molecule has 3 aromatic rings. The molecule has 168 valence electrons. The van der Waals surface area contributed by atoms with E-state index < -0.39 is 0 Å². The van der Waals surface area contributed by atoms with Crippen LogP contribution in [0.4, 0.5) is 0 Å². The van der Waals surface area contributed by atoms with Crippen LogP contribution in [0, 0.1) is 6.92 Å². The van der Waals surface area contributed by atoms with Crippen LogP contribution in [0.5, 0.6) is 23.0 Å². The predicted molar refractivity (Wildman–Crippen MR) is 121 cm³/mol. The summed E-state index contributed by atoms with van der Waals surface area (Å²) in [5.41, 5.74) is 0.112. The van der Waals surface area contributed by atoms with Crippen LogP contribution < -0.4 is 19.6 Å². The Hall–Kier alpha value is -3.48. The van der Waals surface area contributed by atoms with Crippen LogP contribution in [0.3, 0.4) is 0 Å². The summed E-state index contributed by atoms with van der Waals surface area (Å²) in [6, 6.07) is 11.9. The van der Waals surface area contributed by atoms with Gasteiger partial charge in [0.15, 0.2) is 6.61 Å². The van der Waals surface area contributed by atoms with Crippen molar-refractivity contribution in [3.8, 4) is 23.0 Å². The van der Waals surface area contributed by atoms with Crippen LogP contribution in [0.2, 0.25) is 0 Å². The Bertz CT molecular complexity index is 1140. The van der Waals surface area contributed by atoms with E-state index >= 15 is 0 Å². The zero-order valence-corrected chi connectivity index (χ0v) is 18.4. The highest BCUT2D eigenvalue weighted by atomic mass is 16.5. The third kappa shape index (κ3) is 4.88. The van der Waals surface area contributed by atoms with E-state index in [2.05, 4.69) is 0 Å². The number of amides is 1. The van der Waals surface area contributed by atoms with Crippen molar-refractivity contribution in [2.24, 2.45) is 0 Å². The quantitative estimate of drug-likeness (QED) is 0.557. The molecule has 1 fully saturated rings. The van der Waals surface area contributed by atoms with Crippen molar-refractivity contribution in [3.63, 3.8) is 0 Å². The van der Waals surface area contributed by atoms with E-state index in [4.69, 9.17) is 18.6 Å². The van der Waals surface area contributed by atoms with Crippen LogP contribution in [0.15, 0.2) is 51.7 Å². The zero-order valence-electron chi connectivity index (χ0n) is 18.4. The highest BCUT2D eigenvalue weighted by Crippen LogP contribution is 2.28. The lowest BCUT2D eigenvalue weighted by Crippen LogP contribution is -2.35. The molecule has 0 bridgehead atoms. The van der Waals surface area contributed by atoms with Crippen LogP contribution in [0.1, 0.15) is 31.4 Å². The summed E-state index contributed by atoms with van der Waals surface area (Å²) in [6.45, 7) is 3.21. The molecule has 1 aliphatic rings. The number of carbonyl (C=O) groups excluding carboxylic acids is 1. The first kappa shape index (κ1) is 21.7. The second kappa shape index (κ2) is 9.77. The van der Waals surface area contributed by atoms with Crippen molar-refractivity contribution < 1.29 is 23.4 Å². The van der Waals surface area contributed by atoms with Crippen LogP contribution in [-0.4, -0.2) is 37.6 Å². The first-order valence-electron chi connectivity index (χ1n) is 10.8. The largest absolute Gasteiger partial charge is 0.497 e. The van der Waals surface area contributed by atoms with Gasteiger partial charge in [-0.25, -0.2) is 0 Å². The van der Waals surface area contributed by atoms with Gasteiger partial charge >= 0.3 is 0 Å². The number of carbonyl (C=O) groups is 1. The first-order valence-corrected chi connectivity index (χ1v) is 10.8. The number of benzene rings is 2. The third-order valence-electron chi connectivity index (χ3n) is 5.59. The lowest BCUT2D eigenvalue weighted by atomic mass is 10.2. The molecule has 1 aromatic heterocycles. The first-order chi connectivity index (χ1) is 15.5. The normalized spacial score (nSPS) is 14.1. The number of ether oxygens (including phenoxy) is 3. The molecule has 0 saturated carbocycles. The molecule has 0 N–H and O–H groups in total. The third-order valence-corrected chi connectivity index (χ3v) is 5.59. The molecule has 0 radical (unpaired) electrons. The van der Waals surface area contributed by atoms with Gasteiger partial charge in [-0.1, -0.05) is 12.8 Å². The standard InChI is InChI=1S/C25H27NO6/c1-17-25(32-19-9-7-18(29-2)8-10-19)24(28)21-12-11-20(15-22(21)31-17)30-16-23(27)26-13-5-3-4-6-14-26/h7-12,15H,3-6,13-14,16H2,1-2H3. The van der Waals surface area contributed by atoms with Gasteiger partial charge in [0, 0.05) is 19.2 Å². The maximum Gasteiger partial charge on any atom is 0.260 e. The zero-order chi connectivity index (χ0) is 22.5. The molecule has 2 aromatic carbocycles. The molecule has 0 spiro atoms. The number of hydrogen-bond donors (Lipinski definition) is 0. The summed E-state index contributed by atoms with van der Waals surface area (Å²) >= 11 is 0. The van der Waals surface area contributed by atoms with Gasteiger partial charge in [-0.3, -0.25) is 9.59 Å². The summed E-state index contributed by atoms with van der Waals surface area (Å²) in [5.74, 6) is 2.15. The van der Waals surface area contributed by atoms with Gasteiger partial charge in [0.05, 0.1) is 12.5 Å². The molecule has 1 aliphatic heterocycles. The number of hydrogen-bond acceptors (Lipinski definition) is 6. The second-order valence-electron chi connectivity index (χ2n) is 7.84. The molecule has 0 unspecified atom stereocenters. The van der Waals surface area contributed by atoms with E-state index in [0.29, 0.717) is 34.0 Å². The Morgan fingerprint density at radius 2 is 1.62 bits per heavy atom. The van der Waals surface area contributed by atoms with Crippen molar-refractivity contribution in [1.82, 2.24) is 4.90 Å². The van der Waals surface area contributed by atoms with Gasteiger partial charge in [0.1, 0.15) is 28.6 Å². The summed E-state index contributed by atoms with van der Waals surface area (Å²) < 4.78 is 22.5. The van der Waals surface area contributed by atoms with Gasteiger partial charge in [-0.2, -0.15) is 0 Å². The molecule has 4 rings (SSSR count). The SMILES string of the molecule is COc1ccc(Oc2c(C)oc3cc(OCC(=O)N4CCCCCC4)ccc3c2=O)cc1. The molecule has 0 aliphatic carbocycles. The van der Waals surface area contributed by atoms with E-state index in [1.165, 1.54) is 0 Å². The van der Waals surface area contributed by atoms with Gasteiger partial charge in [-0.05, 0) is 56.2 Å². The maximum atomic E-state index is 13.0. The predicted octanol–water partition coefficient (Wildman–Crippen LogP) is 4.68. The average molecular weight is 437 g/mol. The monoisotopic (exact) mass is 437 g/mol. The molecule has 7 heteroatoms. The molecule has 0 atom stereocenters. The van der Waals surface area contributed by atoms with Gasteiger partial charge in [-0.15, -0.1) is 0 Å². The molecule has 7 nitrogen and oxygen atoms in total. The fraction of sp³-hybridized carbons (Fsp3) is 0.360. The smallest absolute Gasteiger partial charge is 0.260 e. The minimum atomic E-state index is -0.272. The molecular weight excluding hydrogens is 410 g/mol. The molecule has 2 heterocycles. The van der Waals surface area contributed by atoms with E-state index in [1.54, 1.807) is 56.5 Å². The molecule has 1 saturated heterocycles. The lowest BCUT2D eigenvalue weighted by Gasteiger charge is -2.20. The topological polar surface area (TPSA) is 78.2 Å². The number of rotatable bonds is 6. The second-order valence-corrected chi connectivity index (χ2v) is 7.84. The molecule has 1 amide bonds. The highest BCUT2D eigenvalue weighted by molar-refractivity contribution is 5.80. The van der Waals surface area contributed by atoms with Crippen molar-refractivity contribution in [2.75, 3.05) is 26.8 Å². The van der Waals surface area contributed by atoms with Crippen LogP contribution in [-0.2, 0) is 4.79 Å². The minimum absolute atomic E-state index is 0.0205. The number of aryl methyl sites for hydroxylation is 1. The average Bonchev–Trinajstić information content (AvgIpc) is 3.10. The van der Waals surface area contributed by atoms with E-state index in [0.717, 1.165) is 38.8 Å². The Balaban J connectivity index is 1.50.